The lowest BCUT2D eigenvalue weighted by Gasteiger charge is -2.37. The van der Waals surface area contributed by atoms with Crippen LogP contribution in [0, 0.1) is 6.92 Å². The van der Waals surface area contributed by atoms with Crippen LogP contribution in [0.15, 0.2) is 21.5 Å². The quantitative estimate of drug-likeness (QED) is 0.625. The van der Waals surface area contributed by atoms with Crippen LogP contribution in [0.5, 0.6) is 0 Å². The molecule has 2 fully saturated rings. The van der Waals surface area contributed by atoms with Gasteiger partial charge >= 0.3 is 0 Å². The second-order valence-corrected chi connectivity index (χ2v) is 8.30. The highest BCUT2D eigenvalue weighted by molar-refractivity contribution is 8.00. The second kappa shape index (κ2) is 9.67. The molecular weight excluding hydrogens is 348 g/mol. The summed E-state index contributed by atoms with van der Waals surface area (Å²) in [4.78, 5) is 9.39. The highest BCUT2D eigenvalue weighted by Crippen LogP contribution is 2.24. The van der Waals surface area contributed by atoms with E-state index in [1.54, 1.807) is 0 Å². The minimum atomic E-state index is 0.200. The summed E-state index contributed by atoms with van der Waals surface area (Å²) in [6.45, 7) is 10.6. The molecule has 0 bridgehead atoms. The lowest BCUT2D eigenvalue weighted by Crippen LogP contribution is -2.50. The molecule has 2 atom stereocenters. The number of rotatable bonds is 5. The Morgan fingerprint density at radius 1 is 1.35 bits per heavy atom. The summed E-state index contributed by atoms with van der Waals surface area (Å²) in [5.41, 5.74) is 0. The molecule has 2 aliphatic rings. The van der Waals surface area contributed by atoms with Crippen LogP contribution in [0.1, 0.15) is 30.9 Å². The molecular formula is C19H32N4O2S. The normalized spacial score (nSPS) is 23.9. The Bertz CT molecular complexity index is 586. The lowest BCUT2D eigenvalue weighted by atomic mass is 10.1. The van der Waals surface area contributed by atoms with E-state index in [1.165, 1.54) is 12.2 Å². The van der Waals surface area contributed by atoms with E-state index in [0.29, 0.717) is 5.25 Å². The average molecular weight is 381 g/mol. The van der Waals surface area contributed by atoms with E-state index in [-0.39, 0.29) is 6.04 Å². The van der Waals surface area contributed by atoms with Gasteiger partial charge in [0.25, 0.3) is 0 Å². The molecule has 1 aromatic heterocycles. The largest absolute Gasteiger partial charge is 0.465 e. The summed E-state index contributed by atoms with van der Waals surface area (Å²) in [5.74, 6) is 4.16. The molecule has 0 spiro atoms. The Morgan fingerprint density at radius 3 is 2.81 bits per heavy atom. The van der Waals surface area contributed by atoms with Gasteiger partial charge in [0.2, 0.25) is 0 Å². The first-order chi connectivity index (χ1) is 12.7. The van der Waals surface area contributed by atoms with Crippen molar-refractivity contribution in [3.8, 4) is 0 Å². The molecule has 2 unspecified atom stereocenters. The molecule has 0 aliphatic carbocycles. The standard InChI is InChI=1S/C19H32N4O2S/c1-4-16-14-23(9-12-26-16)19(20-3)21-13-17(18-6-5-15(2)25-18)22-7-10-24-11-8-22/h5-6,16-17H,4,7-14H2,1-3H3,(H,20,21). The maximum Gasteiger partial charge on any atom is 0.193 e. The maximum absolute atomic E-state index is 5.97. The number of ether oxygens (including phenoxy) is 1. The zero-order valence-electron chi connectivity index (χ0n) is 16.2. The predicted octanol–water partition coefficient (Wildman–Crippen LogP) is 2.36. The summed E-state index contributed by atoms with van der Waals surface area (Å²) in [6.07, 6.45) is 1.21. The van der Waals surface area contributed by atoms with E-state index in [9.17, 15) is 0 Å². The first kappa shape index (κ1) is 19.6. The highest BCUT2D eigenvalue weighted by Gasteiger charge is 2.27. The molecule has 0 saturated carbocycles. The smallest absolute Gasteiger partial charge is 0.193 e. The molecule has 1 aromatic rings. The Hall–Kier alpha value is -1.18. The van der Waals surface area contributed by atoms with Gasteiger partial charge in [0.05, 0.1) is 19.3 Å². The van der Waals surface area contributed by atoms with Crippen LogP contribution in [-0.2, 0) is 4.74 Å². The number of thioether (sulfide) groups is 1. The van der Waals surface area contributed by atoms with Crippen molar-refractivity contribution in [1.82, 2.24) is 15.1 Å². The van der Waals surface area contributed by atoms with Gasteiger partial charge in [0, 0.05) is 50.8 Å². The maximum atomic E-state index is 5.97. The van der Waals surface area contributed by atoms with Crippen LogP contribution in [0.2, 0.25) is 0 Å². The number of furan rings is 1. The van der Waals surface area contributed by atoms with E-state index in [2.05, 4.69) is 44.9 Å². The van der Waals surface area contributed by atoms with Crippen LogP contribution in [0.4, 0.5) is 0 Å². The van der Waals surface area contributed by atoms with Crippen molar-refractivity contribution >= 4 is 17.7 Å². The number of morpholine rings is 1. The first-order valence-corrected chi connectivity index (χ1v) is 10.7. The second-order valence-electron chi connectivity index (χ2n) is 6.89. The van der Waals surface area contributed by atoms with Gasteiger partial charge in [0.1, 0.15) is 11.5 Å². The number of nitrogens with zero attached hydrogens (tertiary/aromatic N) is 3. The van der Waals surface area contributed by atoms with Gasteiger partial charge in [-0.1, -0.05) is 6.92 Å². The minimum absolute atomic E-state index is 0.200. The van der Waals surface area contributed by atoms with Crippen molar-refractivity contribution in [2.24, 2.45) is 4.99 Å². The van der Waals surface area contributed by atoms with Gasteiger partial charge in [-0.25, -0.2) is 0 Å². The molecule has 3 heterocycles. The summed E-state index contributed by atoms with van der Waals surface area (Å²) < 4.78 is 11.5. The molecule has 2 aliphatic heterocycles. The first-order valence-electron chi connectivity index (χ1n) is 9.66. The lowest BCUT2D eigenvalue weighted by molar-refractivity contribution is 0.0123. The van der Waals surface area contributed by atoms with E-state index in [1.807, 2.05) is 20.0 Å². The SMILES string of the molecule is CCC1CN(C(=NC)NCC(c2ccc(C)o2)N2CCOCC2)CCS1. The van der Waals surface area contributed by atoms with Crippen molar-refractivity contribution in [2.45, 2.75) is 31.6 Å². The molecule has 6 nitrogen and oxygen atoms in total. The number of hydrogen-bond donors (Lipinski definition) is 1. The number of aliphatic imine (C=N–C) groups is 1. The van der Waals surface area contributed by atoms with E-state index in [0.717, 1.165) is 63.4 Å². The van der Waals surface area contributed by atoms with Crippen LogP contribution in [-0.4, -0.2) is 79.7 Å². The fourth-order valence-electron chi connectivity index (χ4n) is 3.61. The van der Waals surface area contributed by atoms with E-state index in [4.69, 9.17) is 9.15 Å². The monoisotopic (exact) mass is 380 g/mol. The van der Waals surface area contributed by atoms with Crippen molar-refractivity contribution in [1.29, 1.82) is 0 Å². The Kier molecular flexibility index (Phi) is 7.28. The molecule has 7 heteroatoms. The number of aryl methyl sites for hydroxylation is 1. The summed E-state index contributed by atoms with van der Waals surface area (Å²) in [5, 5.41) is 4.31. The summed E-state index contributed by atoms with van der Waals surface area (Å²) in [6, 6.07) is 4.35. The van der Waals surface area contributed by atoms with Gasteiger partial charge in [0.15, 0.2) is 5.96 Å². The summed E-state index contributed by atoms with van der Waals surface area (Å²) >= 11 is 2.08. The average Bonchev–Trinajstić information content (AvgIpc) is 3.12. The van der Waals surface area contributed by atoms with E-state index < -0.39 is 0 Å². The Morgan fingerprint density at radius 2 is 2.15 bits per heavy atom. The van der Waals surface area contributed by atoms with Crippen LogP contribution in [0.3, 0.4) is 0 Å². The van der Waals surface area contributed by atoms with Gasteiger partial charge in [-0.2, -0.15) is 11.8 Å². The topological polar surface area (TPSA) is 53.2 Å². The molecule has 26 heavy (non-hydrogen) atoms. The molecule has 1 N–H and O–H groups in total. The van der Waals surface area contributed by atoms with Gasteiger partial charge in [-0.05, 0) is 25.5 Å². The Balaban J connectivity index is 1.65. The fourth-order valence-corrected chi connectivity index (χ4v) is 4.79. The van der Waals surface area contributed by atoms with E-state index >= 15 is 0 Å². The zero-order chi connectivity index (χ0) is 18.4. The van der Waals surface area contributed by atoms with Crippen molar-refractivity contribution in [2.75, 3.05) is 58.7 Å². The molecule has 0 aromatic carbocycles. The molecule has 0 amide bonds. The highest BCUT2D eigenvalue weighted by atomic mass is 32.2. The van der Waals surface area contributed by atoms with Gasteiger partial charge in [-0.3, -0.25) is 9.89 Å². The van der Waals surface area contributed by atoms with Gasteiger partial charge in [-0.15, -0.1) is 0 Å². The number of guanidine groups is 1. The molecule has 0 radical (unpaired) electrons. The predicted molar refractivity (Wildman–Crippen MR) is 108 cm³/mol. The third kappa shape index (κ3) is 4.96. The van der Waals surface area contributed by atoms with Crippen molar-refractivity contribution in [3.63, 3.8) is 0 Å². The van der Waals surface area contributed by atoms with Crippen LogP contribution in [0.25, 0.3) is 0 Å². The van der Waals surface area contributed by atoms with Crippen molar-refractivity contribution < 1.29 is 9.15 Å². The van der Waals surface area contributed by atoms with Crippen LogP contribution >= 0.6 is 11.8 Å². The third-order valence-corrected chi connectivity index (χ3v) is 6.51. The number of nitrogens with one attached hydrogen (secondary N) is 1. The molecule has 3 rings (SSSR count). The molecule has 2 saturated heterocycles. The fraction of sp³-hybridized carbons (Fsp3) is 0.737. The van der Waals surface area contributed by atoms with Crippen LogP contribution < -0.4 is 5.32 Å². The van der Waals surface area contributed by atoms with Gasteiger partial charge < -0.3 is 19.4 Å². The Labute approximate surface area is 161 Å². The molecule has 146 valence electrons. The third-order valence-electron chi connectivity index (χ3n) is 5.14. The minimum Gasteiger partial charge on any atom is -0.465 e. The summed E-state index contributed by atoms with van der Waals surface area (Å²) in [7, 11) is 1.88. The van der Waals surface area contributed by atoms with Crippen molar-refractivity contribution in [3.05, 3.63) is 23.7 Å². The number of hydrogen-bond acceptors (Lipinski definition) is 5. The zero-order valence-corrected chi connectivity index (χ0v) is 17.1.